The number of rotatable bonds is 14. The van der Waals surface area contributed by atoms with E-state index in [0.29, 0.717) is 79.8 Å². The van der Waals surface area contributed by atoms with E-state index in [0.717, 1.165) is 56.5 Å². The number of aliphatic hydroxyl groups excluding tert-OH is 2. The Balaban J connectivity index is 0.000000143. The summed E-state index contributed by atoms with van der Waals surface area (Å²) in [6.45, 7) is 3.89. The van der Waals surface area contributed by atoms with Crippen LogP contribution in [0.2, 0.25) is 15.1 Å². The second-order valence-electron chi connectivity index (χ2n) is 17.5. The normalized spacial score (nSPS) is 11.2. The minimum Gasteiger partial charge on any atom is -0.394 e. The molecule has 0 spiro atoms. The zero-order chi connectivity index (χ0) is 53.1. The highest BCUT2D eigenvalue weighted by Crippen LogP contribution is 2.39. The lowest BCUT2D eigenvalue weighted by Crippen LogP contribution is -2.33. The lowest BCUT2D eigenvalue weighted by molar-refractivity contribution is -0.121. The molecule has 1 amide bonds. The first kappa shape index (κ1) is 52.8. The first-order valence-electron chi connectivity index (χ1n) is 24.2. The van der Waals surface area contributed by atoms with E-state index in [1.54, 1.807) is 14.0 Å². The first-order valence-corrected chi connectivity index (χ1v) is 25.3. The largest absolute Gasteiger partial charge is 0.394 e. The van der Waals surface area contributed by atoms with Gasteiger partial charge in [0.2, 0.25) is 5.91 Å². The highest BCUT2D eigenvalue weighted by Gasteiger charge is 2.24. The van der Waals surface area contributed by atoms with Crippen molar-refractivity contribution in [3.63, 3.8) is 0 Å². The Morgan fingerprint density at radius 3 is 1.18 bits per heavy atom. The van der Waals surface area contributed by atoms with Gasteiger partial charge in [-0.1, -0.05) is 186 Å². The molecule has 384 valence electrons. The Morgan fingerprint density at radius 2 is 0.803 bits per heavy atom. The minimum atomic E-state index is -0.143. The number of nitrogens with one attached hydrogen (secondary N) is 1. The van der Waals surface area contributed by atoms with Gasteiger partial charge in [0.05, 0.1) is 63.2 Å². The number of halogens is 3. The molecule has 76 heavy (non-hydrogen) atoms. The molecule has 0 fully saturated rings. The Labute approximate surface area is 452 Å². The van der Waals surface area contributed by atoms with Gasteiger partial charge in [-0.3, -0.25) is 4.79 Å². The van der Waals surface area contributed by atoms with Gasteiger partial charge >= 0.3 is 0 Å². The molecule has 0 atom stereocenters. The van der Waals surface area contributed by atoms with Crippen LogP contribution in [0.3, 0.4) is 0 Å². The van der Waals surface area contributed by atoms with Crippen LogP contribution in [0, 0.1) is 6.92 Å². The second-order valence-corrected chi connectivity index (χ2v) is 18.6. The van der Waals surface area contributed by atoms with Gasteiger partial charge in [0.25, 0.3) is 0 Å². The Hall–Kier alpha value is -8.03. The Morgan fingerprint density at radius 1 is 0.474 bits per heavy atom. The lowest BCUT2D eigenvalue weighted by Gasteiger charge is -2.10. The van der Waals surface area contributed by atoms with Crippen molar-refractivity contribution in [2.75, 3.05) is 40.4 Å². The molecule has 0 radical (unpaired) electrons. The molecule has 0 aliphatic heterocycles. The molecule has 0 saturated heterocycles. The number of hydrogen-bond donors (Lipinski definition) is 3. The predicted octanol–water partition coefficient (Wildman–Crippen LogP) is 9.74. The van der Waals surface area contributed by atoms with Gasteiger partial charge in [0.1, 0.15) is 35.0 Å². The third-order valence-corrected chi connectivity index (χ3v) is 13.1. The van der Waals surface area contributed by atoms with Gasteiger partial charge in [-0.25, -0.2) is 14.0 Å². The molecule has 5 aromatic carbocycles. The van der Waals surface area contributed by atoms with Crippen molar-refractivity contribution in [1.29, 1.82) is 0 Å². The number of aliphatic hydroxyl groups is 2. The van der Waals surface area contributed by atoms with Crippen molar-refractivity contribution in [2.45, 2.75) is 26.6 Å². The summed E-state index contributed by atoms with van der Waals surface area (Å²) >= 11 is 20.0. The zero-order valence-corrected chi connectivity index (χ0v) is 43.9. The summed E-state index contributed by atoms with van der Waals surface area (Å²) in [5.74, 6) is -0.143. The third-order valence-electron chi connectivity index (χ3n) is 12.0. The maximum absolute atomic E-state index is 12.5. The number of amides is 1. The van der Waals surface area contributed by atoms with Crippen LogP contribution < -0.4 is 5.32 Å². The summed E-state index contributed by atoms with van der Waals surface area (Å²) in [6.07, 6.45) is 0. The average molecular weight is 1070 g/mol. The smallest absolute Gasteiger partial charge is 0.241 e. The molecule has 3 N–H and O–H groups in total. The number of carbonyl (C=O) groups is 1. The molecule has 11 rings (SSSR count). The SMILES string of the molecule is CN(C)CCNC(=O)Cn1nc(-c2ccccc2)c2c(Cl)c(-c3ccccc3)nnc21.Cc1nn(CCO)c2nnc(-c3ccccc3)c(Cl)c12.OCCn1nc(-c2ccccc2)c2c(Cl)c(-c3ccccc3)nnc21. The quantitative estimate of drug-likeness (QED) is 0.0929. The van der Waals surface area contributed by atoms with E-state index in [9.17, 15) is 9.90 Å². The fraction of sp³-hybridized carbons (Fsp3) is 0.179. The Bertz CT molecular complexity index is 3730. The molecule has 0 aliphatic carbocycles. The second kappa shape index (κ2) is 24.5. The summed E-state index contributed by atoms with van der Waals surface area (Å²) in [6, 6.07) is 48.6. The van der Waals surface area contributed by atoms with E-state index in [2.05, 4.69) is 46.1 Å². The van der Waals surface area contributed by atoms with Crippen LogP contribution in [0.1, 0.15) is 5.69 Å². The predicted molar refractivity (Wildman–Crippen MR) is 299 cm³/mol. The number of carbonyl (C=O) groups excluding carboxylic acids is 1. The molecule has 0 aliphatic rings. The number of likely N-dealkylation sites (N-methyl/N-ethyl adjacent to an activating group) is 1. The van der Waals surface area contributed by atoms with E-state index >= 15 is 0 Å². The van der Waals surface area contributed by atoms with E-state index in [4.69, 9.17) is 45.0 Å². The van der Waals surface area contributed by atoms with E-state index in [1.807, 2.05) is 178 Å². The maximum atomic E-state index is 12.5. The van der Waals surface area contributed by atoms with Crippen molar-refractivity contribution < 1.29 is 15.0 Å². The lowest BCUT2D eigenvalue weighted by atomic mass is 10.1. The van der Waals surface area contributed by atoms with Crippen molar-refractivity contribution in [3.8, 4) is 56.3 Å². The molecule has 17 nitrogen and oxygen atoms in total. The van der Waals surface area contributed by atoms with Crippen molar-refractivity contribution in [3.05, 3.63) is 172 Å². The van der Waals surface area contributed by atoms with E-state index < -0.39 is 0 Å². The van der Waals surface area contributed by atoms with Gasteiger partial charge in [-0.15, -0.1) is 30.6 Å². The average Bonchev–Trinajstić information content (AvgIpc) is 4.15. The highest BCUT2D eigenvalue weighted by molar-refractivity contribution is 6.39. The molecule has 11 aromatic rings. The topological polar surface area (TPSA) is 204 Å². The third kappa shape index (κ3) is 11.6. The van der Waals surface area contributed by atoms with Crippen molar-refractivity contribution >= 4 is 73.8 Å². The summed E-state index contributed by atoms with van der Waals surface area (Å²) in [5.41, 5.74) is 10.2. The first-order chi connectivity index (χ1) is 37.1. The number of aromatic nitrogens is 12. The Kier molecular flexibility index (Phi) is 17.1. The number of hydrogen-bond acceptors (Lipinski definition) is 13. The van der Waals surface area contributed by atoms with E-state index in [-0.39, 0.29) is 25.7 Å². The number of benzene rings is 5. The number of fused-ring (bicyclic) bond motifs is 3. The monoisotopic (exact) mass is 1070 g/mol. The van der Waals surface area contributed by atoms with Crippen molar-refractivity contribution in [1.82, 2.24) is 70.2 Å². The number of aryl methyl sites for hydroxylation is 1. The molecule has 20 heteroatoms. The summed E-state index contributed by atoms with van der Waals surface area (Å²) in [4.78, 5) is 14.5. The van der Waals surface area contributed by atoms with Gasteiger partial charge in [0.15, 0.2) is 16.9 Å². The summed E-state index contributed by atoms with van der Waals surface area (Å²) in [7, 11) is 3.92. The summed E-state index contributed by atoms with van der Waals surface area (Å²) in [5, 5.41) is 64.5. The molecule has 0 saturated carbocycles. The molecular weight excluding hydrogens is 1020 g/mol. The summed E-state index contributed by atoms with van der Waals surface area (Å²) < 4.78 is 4.83. The van der Waals surface area contributed by atoms with E-state index in [1.165, 1.54) is 0 Å². The van der Waals surface area contributed by atoms with Crippen LogP contribution in [-0.4, -0.2) is 121 Å². The fourth-order valence-corrected chi connectivity index (χ4v) is 9.39. The molecule has 0 bridgehead atoms. The van der Waals surface area contributed by atoms with Crippen LogP contribution in [0.25, 0.3) is 89.4 Å². The minimum absolute atomic E-state index is 0.00401. The van der Waals surface area contributed by atoms with Crippen LogP contribution in [0.4, 0.5) is 0 Å². The van der Waals surface area contributed by atoms with Gasteiger partial charge in [-0.2, -0.15) is 15.3 Å². The standard InChI is InChI=1S/C23H23ClN6O.C19H15ClN4O.C14H13ClN4O/c1-29(2)14-13-25-18(31)15-30-23-19(21(28-30)16-9-5-3-6-10-16)20(24)22(26-27-23)17-11-7-4-8-12-17;20-16-15-17(13-7-3-1-4-8-13)23-24(11-12-25)19(15)22-21-18(16)14-9-5-2-6-10-14;1-9-11-12(15)13(10-5-3-2-4-6-10)16-17-14(11)19(18-9)7-8-20/h3-12H,13-15H2,1-2H3,(H,25,31);1-10,25H,11-12H2;2-6,20H,7-8H2,1H3. The fourth-order valence-electron chi connectivity index (χ4n) is 8.38. The number of nitrogens with zero attached hydrogens (tertiary/aromatic N) is 13. The van der Waals surface area contributed by atoms with Crippen LogP contribution in [0.15, 0.2) is 152 Å². The van der Waals surface area contributed by atoms with Gasteiger partial charge < -0.3 is 20.4 Å². The van der Waals surface area contributed by atoms with Gasteiger partial charge in [0, 0.05) is 40.9 Å². The molecule has 6 aromatic heterocycles. The molecule has 0 unspecified atom stereocenters. The molecular formula is C56H51Cl3N14O3. The maximum Gasteiger partial charge on any atom is 0.241 e. The van der Waals surface area contributed by atoms with Crippen LogP contribution in [0.5, 0.6) is 0 Å². The zero-order valence-electron chi connectivity index (χ0n) is 41.6. The van der Waals surface area contributed by atoms with Crippen LogP contribution in [-0.2, 0) is 24.4 Å². The van der Waals surface area contributed by atoms with Crippen LogP contribution >= 0.6 is 34.8 Å². The van der Waals surface area contributed by atoms with Crippen molar-refractivity contribution in [2.24, 2.45) is 0 Å². The van der Waals surface area contributed by atoms with Gasteiger partial charge in [-0.05, 0) is 21.0 Å². The molecule has 6 heterocycles. The highest BCUT2D eigenvalue weighted by atomic mass is 35.5.